The molecule has 0 radical (unpaired) electrons. The molecule has 0 bridgehead atoms. The highest BCUT2D eigenvalue weighted by molar-refractivity contribution is 7.13. The van der Waals surface area contributed by atoms with Gasteiger partial charge in [-0.05, 0) is 24.3 Å². The zero-order valence-corrected chi connectivity index (χ0v) is 14.9. The van der Waals surface area contributed by atoms with Crippen LogP contribution in [-0.4, -0.2) is 17.0 Å². The molecule has 0 saturated carbocycles. The lowest BCUT2D eigenvalue weighted by Crippen LogP contribution is -2.03. The van der Waals surface area contributed by atoms with Crippen LogP contribution < -0.4 is 10.4 Å². The molecule has 0 saturated heterocycles. The predicted octanol–water partition coefficient (Wildman–Crippen LogP) is 4.50. The predicted molar refractivity (Wildman–Crippen MR) is 102 cm³/mol. The third-order valence-electron chi connectivity index (χ3n) is 4.05. The Kier molecular flexibility index (Phi) is 4.17. The van der Waals surface area contributed by atoms with Gasteiger partial charge in [-0.15, -0.1) is 11.3 Å². The van der Waals surface area contributed by atoms with E-state index in [1.165, 1.54) is 30.6 Å². The fourth-order valence-electron chi connectivity index (χ4n) is 2.71. The second kappa shape index (κ2) is 6.65. The number of rotatable bonds is 4. The molecule has 0 unspecified atom stereocenters. The first kappa shape index (κ1) is 16.9. The average molecular weight is 380 g/mol. The number of ether oxygens (including phenoxy) is 1. The van der Waals surface area contributed by atoms with Crippen molar-refractivity contribution in [3.8, 4) is 27.6 Å². The highest BCUT2D eigenvalue weighted by atomic mass is 32.1. The minimum absolute atomic E-state index is 0.0123. The molecule has 0 N–H and O–H groups in total. The Bertz CT molecular complexity index is 1210. The second-order valence-electron chi connectivity index (χ2n) is 5.67. The highest BCUT2D eigenvalue weighted by Gasteiger charge is 2.15. The molecule has 0 spiro atoms. The van der Waals surface area contributed by atoms with Gasteiger partial charge in [-0.3, -0.25) is 10.1 Å². The minimum Gasteiger partial charge on any atom is -0.493 e. The van der Waals surface area contributed by atoms with Crippen LogP contribution in [0.5, 0.6) is 5.75 Å². The van der Waals surface area contributed by atoms with Crippen LogP contribution in [0.2, 0.25) is 0 Å². The van der Waals surface area contributed by atoms with Crippen LogP contribution >= 0.6 is 11.3 Å². The number of non-ortho nitro benzene ring substituents is 1. The van der Waals surface area contributed by atoms with E-state index in [-0.39, 0.29) is 5.69 Å². The number of para-hydroxylation sites is 1. The van der Waals surface area contributed by atoms with E-state index >= 15 is 0 Å². The number of nitro groups is 1. The quantitative estimate of drug-likeness (QED) is 0.294. The van der Waals surface area contributed by atoms with Gasteiger partial charge in [0, 0.05) is 28.5 Å². The van der Waals surface area contributed by atoms with Crippen LogP contribution in [0.4, 0.5) is 5.69 Å². The van der Waals surface area contributed by atoms with E-state index in [2.05, 4.69) is 4.98 Å². The molecule has 2 heterocycles. The molecule has 0 amide bonds. The first-order valence-electron chi connectivity index (χ1n) is 7.88. The van der Waals surface area contributed by atoms with Crippen LogP contribution in [0, 0.1) is 10.1 Å². The lowest BCUT2D eigenvalue weighted by atomic mass is 10.1. The van der Waals surface area contributed by atoms with Crippen molar-refractivity contribution in [1.29, 1.82) is 0 Å². The smallest absolute Gasteiger partial charge is 0.346 e. The van der Waals surface area contributed by atoms with Crippen molar-refractivity contribution < 1.29 is 14.1 Å². The molecule has 4 aromatic rings. The molecule has 134 valence electrons. The Morgan fingerprint density at radius 1 is 1.19 bits per heavy atom. The Morgan fingerprint density at radius 2 is 1.96 bits per heavy atom. The van der Waals surface area contributed by atoms with Gasteiger partial charge in [-0.25, -0.2) is 9.78 Å². The fourth-order valence-corrected chi connectivity index (χ4v) is 3.54. The molecule has 0 atom stereocenters. The van der Waals surface area contributed by atoms with E-state index in [0.29, 0.717) is 27.6 Å². The topological polar surface area (TPSA) is 95.5 Å². The number of nitrogens with zero attached hydrogens (tertiary/aromatic N) is 2. The number of nitro benzene ring substituents is 1. The van der Waals surface area contributed by atoms with Gasteiger partial charge in [0.15, 0.2) is 11.3 Å². The number of benzene rings is 2. The molecule has 2 aromatic heterocycles. The molecule has 0 aliphatic rings. The van der Waals surface area contributed by atoms with Gasteiger partial charge in [0.05, 0.1) is 23.3 Å². The van der Waals surface area contributed by atoms with Gasteiger partial charge >= 0.3 is 5.63 Å². The summed E-state index contributed by atoms with van der Waals surface area (Å²) >= 11 is 1.30. The van der Waals surface area contributed by atoms with Gasteiger partial charge in [0.1, 0.15) is 5.01 Å². The van der Waals surface area contributed by atoms with E-state index in [1.807, 2.05) is 12.1 Å². The van der Waals surface area contributed by atoms with Crippen LogP contribution in [0.15, 0.2) is 63.1 Å². The van der Waals surface area contributed by atoms with Crippen molar-refractivity contribution in [2.45, 2.75) is 0 Å². The van der Waals surface area contributed by atoms with Gasteiger partial charge in [-0.2, -0.15) is 0 Å². The van der Waals surface area contributed by atoms with Crippen molar-refractivity contribution in [2.75, 3.05) is 7.11 Å². The normalized spacial score (nSPS) is 10.9. The van der Waals surface area contributed by atoms with Crippen molar-refractivity contribution >= 4 is 28.0 Å². The average Bonchev–Trinajstić information content (AvgIpc) is 3.17. The van der Waals surface area contributed by atoms with Crippen molar-refractivity contribution in [2.24, 2.45) is 0 Å². The first-order valence-corrected chi connectivity index (χ1v) is 8.76. The lowest BCUT2D eigenvalue weighted by Gasteiger charge is -2.04. The summed E-state index contributed by atoms with van der Waals surface area (Å²) in [4.78, 5) is 27.2. The SMILES string of the molecule is COc1cccc2cc(-c3nc(-c4ccc([N+](=O)[O-])cc4)cs3)c(=O)oc12. The molecule has 8 heteroatoms. The van der Waals surface area contributed by atoms with E-state index in [9.17, 15) is 14.9 Å². The second-order valence-corrected chi connectivity index (χ2v) is 6.53. The Labute approximate surface area is 156 Å². The minimum atomic E-state index is -0.503. The molecule has 7 nitrogen and oxygen atoms in total. The number of hydrogen-bond donors (Lipinski definition) is 0. The zero-order chi connectivity index (χ0) is 19.0. The molecule has 2 aromatic carbocycles. The maximum Gasteiger partial charge on any atom is 0.346 e. The summed E-state index contributed by atoms with van der Waals surface area (Å²) in [6.45, 7) is 0. The Hall–Kier alpha value is -3.52. The molecule has 0 aliphatic carbocycles. The molecular formula is C19H12N2O5S. The number of thiazole rings is 1. The van der Waals surface area contributed by atoms with Gasteiger partial charge in [0.25, 0.3) is 5.69 Å². The summed E-state index contributed by atoms with van der Waals surface area (Å²) in [5, 5.41) is 13.8. The third kappa shape index (κ3) is 3.06. The number of aromatic nitrogens is 1. The van der Waals surface area contributed by atoms with Crippen molar-refractivity contribution in [3.05, 3.63) is 74.4 Å². The van der Waals surface area contributed by atoms with E-state index in [0.717, 1.165) is 10.9 Å². The zero-order valence-electron chi connectivity index (χ0n) is 14.0. The molecule has 27 heavy (non-hydrogen) atoms. The number of methoxy groups -OCH3 is 1. The standard InChI is InChI=1S/C19H12N2O5S/c1-25-16-4-2-3-12-9-14(19(22)26-17(12)16)18-20-15(10-27-18)11-5-7-13(8-6-11)21(23)24/h2-10H,1H3. The summed E-state index contributed by atoms with van der Waals surface area (Å²) in [5.41, 5.74) is 1.62. The third-order valence-corrected chi connectivity index (χ3v) is 4.93. The maximum atomic E-state index is 12.4. The van der Waals surface area contributed by atoms with Crippen LogP contribution in [-0.2, 0) is 0 Å². The largest absolute Gasteiger partial charge is 0.493 e. The van der Waals surface area contributed by atoms with E-state index < -0.39 is 10.5 Å². The van der Waals surface area contributed by atoms with E-state index in [1.54, 1.807) is 29.6 Å². The van der Waals surface area contributed by atoms with Crippen molar-refractivity contribution in [3.63, 3.8) is 0 Å². The maximum absolute atomic E-state index is 12.4. The highest BCUT2D eigenvalue weighted by Crippen LogP contribution is 2.31. The molecule has 0 fully saturated rings. The molecule has 4 rings (SSSR count). The Morgan fingerprint density at radius 3 is 2.67 bits per heavy atom. The molecular weight excluding hydrogens is 368 g/mol. The van der Waals surface area contributed by atoms with Crippen LogP contribution in [0.25, 0.3) is 32.8 Å². The Balaban J connectivity index is 1.76. The summed E-state index contributed by atoms with van der Waals surface area (Å²) < 4.78 is 10.7. The number of fused-ring (bicyclic) bond motifs is 1. The van der Waals surface area contributed by atoms with Crippen LogP contribution in [0.1, 0.15) is 0 Å². The lowest BCUT2D eigenvalue weighted by molar-refractivity contribution is -0.384. The van der Waals surface area contributed by atoms with Crippen molar-refractivity contribution in [1.82, 2.24) is 4.98 Å². The summed E-state index contributed by atoms with van der Waals surface area (Å²) in [6, 6.07) is 13.2. The summed E-state index contributed by atoms with van der Waals surface area (Å²) in [6.07, 6.45) is 0. The number of hydrogen-bond acceptors (Lipinski definition) is 7. The van der Waals surface area contributed by atoms with Gasteiger partial charge in [-0.1, -0.05) is 12.1 Å². The first-order chi connectivity index (χ1) is 13.1. The summed E-state index contributed by atoms with van der Waals surface area (Å²) in [5.74, 6) is 0.488. The fraction of sp³-hybridized carbons (Fsp3) is 0.0526. The van der Waals surface area contributed by atoms with Crippen LogP contribution in [0.3, 0.4) is 0 Å². The van der Waals surface area contributed by atoms with E-state index in [4.69, 9.17) is 9.15 Å². The van der Waals surface area contributed by atoms with Gasteiger partial charge in [0.2, 0.25) is 0 Å². The van der Waals surface area contributed by atoms with Gasteiger partial charge < -0.3 is 9.15 Å². The molecule has 0 aliphatic heterocycles. The summed E-state index contributed by atoms with van der Waals surface area (Å²) in [7, 11) is 1.51. The monoisotopic (exact) mass is 380 g/mol.